The lowest BCUT2D eigenvalue weighted by molar-refractivity contribution is 0.262. The van der Waals surface area contributed by atoms with Crippen LogP contribution in [0, 0.1) is 0 Å². The number of carbonyl (C=O) groups is 1. The van der Waals surface area contributed by atoms with Crippen LogP contribution in [-0.4, -0.2) is 48.1 Å². The number of halogens is 1. The first-order valence-corrected chi connectivity index (χ1v) is 11.3. The fourth-order valence-corrected chi connectivity index (χ4v) is 4.04. The molecule has 7 nitrogen and oxygen atoms in total. The molecule has 32 heavy (non-hydrogen) atoms. The molecule has 0 atom stereocenters. The number of fused-ring (bicyclic) bond motifs is 1. The van der Waals surface area contributed by atoms with Crippen molar-refractivity contribution in [2.75, 3.05) is 43.1 Å². The van der Waals surface area contributed by atoms with E-state index in [1.165, 1.54) is 0 Å². The van der Waals surface area contributed by atoms with Crippen molar-refractivity contribution in [3.63, 3.8) is 0 Å². The van der Waals surface area contributed by atoms with Crippen molar-refractivity contribution in [1.29, 1.82) is 0 Å². The molecule has 0 unspecified atom stereocenters. The maximum Gasteiger partial charge on any atom is 0.323 e. The summed E-state index contributed by atoms with van der Waals surface area (Å²) < 4.78 is 1.04. The second-order valence-corrected chi connectivity index (χ2v) is 8.72. The van der Waals surface area contributed by atoms with Crippen LogP contribution in [0.1, 0.15) is 0 Å². The minimum Gasteiger partial charge on any atom is -0.367 e. The fourth-order valence-electron chi connectivity index (χ4n) is 3.06. The lowest BCUT2D eigenvalue weighted by Gasteiger charge is -2.12. The van der Waals surface area contributed by atoms with E-state index in [2.05, 4.69) is 20.9 Å². The molecule has 0 aliphatic rings. The Bertz CT molecular complexity index is 1220. The second kappa shape index (κ2) is 9.95. The SMILES string of the molecule is CN(C)CCNc1nc(-c2ccc(NC(=O)Nc3ccccc3Cl)cc2)nc2ccsc12. The van der Waals surface area contributed by atoms with E-state index in [1.807, 2.05) is 61.9 Å². The first-order chi connectivity index (χ1) is 15.5. The Labute approximate surface area is 195 Å². The van der Waals surface area contributed by atoms with Crippen molar-refractivity contribution >= 4 is 56.4 Å². The average molecular weight is 467 g/mol. The Balaban J connectivity index is 1.48. The van der Waals surface area contributed by atoms with Crippen molar-refractivity contribution < 1.29 is 4.79 Å². The number of anilines is 3. The molecule has 2 heterocycles. The van der Waals surface area contributed by atoms with Crippen molar-refractivity contribution in [2.45, 2.75) is 0 Å². The number of para-hydroxylation sites is 1. The van der Waals surface area contributed by atoms with Crippen LogP contribution in [0.15, 0.2) is 60.0 Å². The number of aromatic nitrogens is 2. The first-order valence-electron chi connectivity index (χ1n) is 10.1. The van der Waals surface area contributed by atoms with E-state index in [0.717, 1.165) is 34.7 Å². The number of hydrogen-bond acceptors (Lipinski definition) is 6. The summed E-state index contributed by atoms with van der Waals surface area (Å²) >= 11 is 7.71. The highest BCUT2D eigenvalue weighted by molar-refractivity contribution is 7.17. The van der Waals surface area contributed by atoms with Gasteiger partial charge in [-0.05, 0) is 61.9 Å². The van der Waals surface area contributed by atoms with Crippen molar-refractivity contribution in [2.24, 2.45) is 0 Å². The number of nitrogens with zero attached hydrogens (tertiary/aromatic N) is 3. The van der Waals surface area contributed by atoms with Crippen LogP contribution in [0.3, 0.4) is 0 Å². The first kappa shape index (κ1) is 22.0. The maximum absolute atomic E-state index is 12.3. The molecule has 0 saturated heterocycles. The van der Waals surface area contributed by atoms with Gasteiger partial charge in [-0.25, -0.2) is 14.8 Å². The van der Waals surface area contributed by atoms with Gasteiger partial charge in [-0.3, -0.25) is 0 Å². The molecular weight excluding hydrogens is 444 g/mol. The molecular formula is C23H23ClN6OS. The van der Waals surface area contributed by atoms with Gasteiger partial charge in [-0.2, -0.15) is 0 Å². The molecule has 0 aliphatic carbocycles. The van der Waals surface area contributed by atoms with Gasteiger partial charge in [-0.1, -0.05) is 23.7 Å². The van der Waals surface area contributed by atoms with Gasteiger partial charge in [0.25, 0.3) is 0 Å². The fraction of sp³-hybridized carbons (Fsp3) is 0.174. The van der Waals surface area contributed by atoms with Crippen LogP contribution in [0.5, 0.6) is 0 Å². The monoisotopic (exact) mass is 466 g/mol. The summed E-state index contributed by atoms with van der Waals surface area (Å²) in [5, 5.41) is 11.5. The molecule has 9 heteroatoms. The van der Waals surface area contributed by atoms with Crippen LogP contribution >= 0.6 is 22.9 Å². The summed E-state index contributed by atoms with van der Waals surface area (Å²) in [6.45, 7) is 1.70. The number of urea groups is 1. The topological polar surface area (TPSA) is 82.2 Å². The summed E-state index contributed by atoms with van der Waals surface area (Å²) in [5.41, 5.74) is 2.98. The predicted octanol–water partition coefficient (Wildman–Crippen LogP) is 5.63. The van der Waals surface area contributed by atoms with Crippen LogP contribution in [0.4, 0.5) is 22.0 Å². The molecule has 2 aromatic heterocycles. The van der Waals surface area contributed by atoms with Gasteiger partial charge in [0.15, 0.2) is 5.82 Å². The number of thiophene rings is 1. The molecule has 2 amide bonds. The normalized spacial score (nSPS) is 11.0. The molecule has 4 rings (SSSR count). The van der Waals surface area contributed by atoms with E-state index >= 15 is 0 Å². The lowest BCUT2D eigenvalue weighted by atomic mass is 10.2. The highest BCUT2D eigenvalue weighted by atomic mass is 35.5. The highest BCUT2D eigenvalue weighted by Crippen LogP contribution is 2.29. The van der Waals surface area contributed by atoms with Crippen LogP contribution in [-0.2, 0) is 0 Å². The smallest absolute Gasteiger partial charge is 0.323 e. The third-order valence-electron chi connectivity index (χ3n) is 4.68. The number of benzene rings is 2. The van der Waals surface area contributed by atoms with Gasteiger partial charge in [0.1, 0.15) is 5.82 Å². The number of carbonyl (C=O) groups excluding carboxylic acids is 1. The molecule has 0 aliphatic heterocycles. The number of rotatable bonds is 7. The van der Waals surface area contributed by atoms with E-state index < -0.39 is 0 Å². The molecule has 2 aromatic carbocycles. The maximum atomic E-state index is 12.3. The van der Waals surface area contributed by atoms with E-state index in [0.29, 0.717) is 22.2 Å². The van der Waals surface area contributed by atoms with Gasteiger partial charge in [-0.15, -0.1) is 11.3 Å². The Hall–Kier alpha value is -3.20. The average Bonchev–Trinajstić information content (AvgIpc) is 3.24. The summed E-state index contributed by atoms with van der Waals surface area (Å²) in [7, 11) is 4.08. The van der Waals surface area contributed by atoms with Gasteiger partial charge >= 0.3 is 6.03 Å². The largest absolute Gasteiger partial charge is 0.367 e. The summed E-state index contributed by atoms with van der Waals surface area (Å²) in [4.78, 5) is 23.9. The zero-order valence-electron chi connectivity index (χ0n) is 17.7. The molecule has 164 valence electrons. The van der Waals surface area contributed by atoms with E-state index in [-0.39, 0.29) is 6.03 Å². The van der Waals surface area contributed by atoms with Crippen LogP contribution in [0.25, 0.3) is 21.6 Å². The van der Waals surface area contributed by atoms with Gasteiger partial charge < -0.3 is 20.9 Å². The standard InChI is InChI=1S/C23H23ClN6OS/c1-30(2)13-12-25-22-20-19(11-14-32-20)27-21(29-22)15-7-9-16(10-8-15)26-23(31)28-18-6-4-3-5-17(18)24/h3-11,14H,12-13H2,1-2H3,(H,25,27,29)(H2,26,28,31). The predicted molar refractivity (Wildman–Crippen MR) is 134 cm³/mol. The van der Waals surface area contributed by atoms with Gasteiger partial charge in [0, 0.05) is 24.3 Å². The summed E-state index contributed by atoms with van der Waals surface area (Å²) in [6, 6.07) is 16.1. The number of nitrogens with one attached hydrogen (secondary N) is 3. The lowest BCUT2D eigenvalue weighted by Crippen LogP contribution is -2.21. The highest BCUT2D eigenvalue weighted by Gasteiger charge is 2.11. The summed E-state index contributed by atoms with van der Waals surface area (Å²) in [5.74, 6) is 1.47. The minimum atomic E-state index is -0.367. The third kappa shape index (κ3) is 5.34. The molecule has 0 bridgehead atoms. The zero-order chi connectivity index (χ0) is 22.5. The Morgan fingerprint density at radius 1 is 1.03 bits per heavy atom. The number of hydrogen-bond donors (Lipinski definition) is 3. The van der Waals surface area contributed by atoms with Crippen molar-refractivity contribution in [1.82, 2.24) is 14.9 Å². The molecule has 0 fully saturated rings. The van der Waals surface area contributed by atoms with Crippen LogP contribution in [0.2, 0.25) is 5.02 Å². The third-order valence-corrected chi connectivity index (χ3v) is 5.92. The van der Waals surface area contributed by atoms with Crippen LogP contribution < -0.4 is 16.0 Å². The van der Waals surface area contributed by atoms with Gasteiger partial charge in [0.2, 0.25) is 0 Å². The Morgan fingerprint density at radius 2 is 1.81 bits per heavy atom. The zero-order valence-corrected chi connectivity index (χ0v) is 19.3. The quantitative estimate of drug-likeness (QED) is 0.329. The van der Waals surface area contributed by atoms with Crippen molar-refractivity contribution in [3.8, 4) is 11.4 Å². The van der Waals surface area contributed by atoms with E-state index in [1.54, 1.807) is 23.5 Å². The van der Waals surface area contributed by atoms with E-state index in [9.17, 15) is 4.79 Å². The van der Waals surface area contributed by atoms with Crippen molar-refractivity contribution in [3.05, 3.63) is 65.0 Å². The molecule has 4 aromatic rings. The molecule has 3 N–H and O–H groups in total. The molecule has 0 saturated carbocycles. The molecule has 0 radical (unpaired) electrons. The van der Waals surface area contributed by atoms with Gasteiger partial charge in [0.05, 0.1) is 20.9 Å². The Morgan fingerprint density at radius 3 is 2.56 bits per heavy atom. The second-order valence-electron chi connectivity index (χ2n) is 7.40. The molecule has 0 spiro atoms. The minimum absolute atomic E-state index is 0.367. The number of likely N-dealkylation sites (N-methyl/N-ethyl adjacent to an activating group) is 1. The summed E-state index contributed by atoms with van der Waals surface area (Å²) in [6.07, 6.45) is 0. The van der Waals surface area contributed by atoms with E-state index in [4.69, 9.17) is 21.6 Å². The Kier molecular flexibility index (Phi) is 6.84. The number of amides is 2.